The molecule has 1 rings (SSSR count). The molecular weight excluding hydrogens is 317 g/mol. The van der Waals surface area contributed by atoms with Crippen LogP contribution in [0.5, 0.6) is 5.75 Å². The molecule has 7 heteroatoms. The lowest BCUT2D eigenvalue weighted by Gasteiger charge is -2.10. The zero-order valence-electron chi connectivity index (χ0n) is 6.82. The van der Waals surface area contributed by atoms with Gasteiger partial charge < -0.3 is 4.74 Å². The zero-order valence-corrected chi connectivity index (χ0v) is 8.98. The van der Waals surface area contributed by atoms with Crippen molar-refractivity contribution in [2.75, 3.05) is 0 Å². The van der Waals surface area contributed by atoms with Crippen molar-refractivity contribution < 1.29 is 22.3 Å². The van der Waals surface area contributed by atoms with E-state index in [4.69, 9.17) is 0 Å². The summed E-state index contributed by atoms with van der Waals surface area (Å²) in [5.41, 5.74) is 0.293. The molecule has 1 aromatic heterocycles. The monoisotopic (exact) mass is 321 g/mol. The van der Waals surface area contributed by atoms with Gasteiger partial charge in [-0.1, -0.05) is 0 Å². The molecule has 0 fully saturated rings. The topological polar surface area (TPSA) is 22.1 Å². The number of hydrogen-bond acceptors (Lipinski definition) is 2. The van der Waals surface area contributed by atoms with Gasteiger partial charge in [0.05, 0.1) is 3.57 Å². The first-order valence-electron chi connectivity index (χ1n) is 3.38. The number of aryl methyl sites for hydroxylation is 1. The second-order valence-corrected chi connectivity index (χ2v) is 3.58. The van der Waals surface area contributed by atoms with Crippen molar-refractivity contribution in [3.8, 4) is 5.75 Å². The Labute approximate surface area is 90.4 Å². The van der Waals surface area contributed by atoms with Gasteiger partial charge in [0, 0.05) is 5.69 Å². The Morgan fingerprint density at radius 1 is 1.43 bits per heavy atom. The molecule has 0 spiro atoms. The fourth-order valence-corrected chi connectivity index (χ4v) is 1.58. The number of rotatable bonds is 1. The van der Waals surface area contributed by atoms with Crippen molar-refractivity contribution in [1.82, 2.24) is 4.98 Å². The van der Waals surface area contributed by atoms with E-state index in [0.717, 1.165) is 0 Å². The Balaban J connectivity index is 3.09. The second-order valence-electron chi connectivity index (χ2n) is 2.41. The minimum absolute atomic E-state index is 0.0323. The average Bonchev–Trinajstić information content (AvgIpc) is 1.95. The molecular formula is C7H4F4INO. The van der Waals surface area contributed by atoms with Crippen LogP contribution in [0.1, 0.15) is 5.69 Å². The molecule has 78 valence electrons. The lowest BCUT2D eigenvalue weighted by atomic mass is 10.4. The summed E-state index contributed by atoms with van der Waals surface area (Å²) < 4.78 is 51.8. The predicted octanol–water partition coefficient (Wildman–Crippen LogP) is 3.03. The van der Waals surface area contributed by atoms with Crippen LogP contribution in [0.25, 0.3) is 0 Å². The third-order valence-corrected chi connectivity index (χ3v) is 2.03. The van der Waals surface area contributed by atoms with E-state index in [-0.39, 0.29) is 3.57 Å². The fourth-order valence-electron chi connectivity index (χ4n) is 0.792. The Morgan fingerprint density at radius 3 is 2.43 bits per heavy atom. The molecule has 0 radical (unpaired) electrons. The summed E-state index contributed by atoms with van der Waals surface area (Å²) in [5, 5.41) is 0. The third kappa shape index (κ3) is 2.96. The summed E-state index contributed by atoms with van der Waals surface area (Å²) in [4.78, 5) is 3.22. The molecule has 0 amide bonds. The number of nitrogens with zero attached hydrogens (tertiary/aromatic N) is 1. The fraction of sp³-hybridized carbons (Fsp3) is 0.286. The molecule has 1 heterocycles. The van der Waals surface area contributed by atoms with Gasteiger partial charge in [0.2, 0.25) is 0 Å². The van der Waals surface area contributed by atoms with E-state index >= 15 is 0 Å². The van der Waals surface area contributed by atoms with Crippen LogP contribution in [-0.2, 0) is 0 Å². The molecule has 0 unspecified atom stereocenters. The van der Waals surface area contributed by atoms with E-state index in [9.17, 15) is 17.6 Å². The Bertz CT molecular complexity index is 329. The molecule has 0 atom stereocenters. The lowest BCUT2D eigenvalue weighted by Crippen LogP contribution is -2.19. The summed E-state index contributed by atoms with van der Waals surface area (Å²) in [5.74, 6) is -2.14. The summed E-state index contributed by atoms with van der Waals surface area (Å²) in [6, 6.07) is 1.30. The Hall–Kier alpha value is -0.600. The summed E-state index contributed by atoms with van der Waals surface area (Å²) in [6.45, 7) is 1.47. The van der Waals surface area contributed by atoms with Crippen LogP contribution >= 0.6 is 22.6 Å². The van der Waals surface area contributed by atoms with Crippen LogP contribution < -0.4 is 4.74 Å². The summed E-state index contributed by atoms with van der Waals surface area (Å²) in [7, 11) is 0. The summed E-state index contributed by atoms with van der Waals surface area (Å²) in [6.07, 6.45) is -4.91. The van der Waals surface area contributed by atoms with E-state index in [1.165, 1.54) is 13.0 Å². The number of halogens is 5. The molecule has 2 nitrogen and oxygen atoms in total. The van der Waals surface area contributed by atoms with Crippen LogP contribution in [0.4, 0.5) is 17.6 Å². The largest absolute Gasteiger partial charge is 0.573 e. The molecule has 0 aliphatic rings. The molecule has 0 aromatic carbocycles. The van der Waals surface area contributed by atoms with Crippen molar-refractivity contribution >= 4 is 22.6 Å². The zero-order chi connectivity index (χ0) is 10.9. The van der Waals surface area contributed by atoms with Crippen molar-refractivity contribution in [1.29, 1.82) is 0 Å². The van der Waals surface area contributed by atoms with Gasteiger partial charge in [0.15, 0.2) is 5.75 Å². The predicted molar refractivity (Wildman–Crippen MR) is 48.3 cm³/mol. The van der Waals surface area contributed by atoms with E-state index in [2.05, 4.69) is 9.72 Å². The van der Waals surface area contributed by atoms with E-state index in [0.29, 0.717) is 5.69 Å². The highest BCUT2D eigenvalue weighted by atomic mass is 127. The minimum atomic E-state index is -4.91. The first kappa shape index (κ1) is 11.5. The van der Waals surface area contributed by atoms with Crippen molar-refractivity contribution in [2.24, 2.45) is 0 Å². The maximum atomic E-state index is 12.9. The van der Waals surface area contributed by atoms with Gasteiger partial charge in [0.1, 0.15) is 0 Å². The second kappa shape index (κ2) is 3.87. The van der Waals surface area contributed by atoms with Crippen LogP contribution in [0.15, 0.2) is 6.07 Å². The highest BCUT2D eigenvalue weighted by Crippen LogP contribution is 2.29. The lowest BCUT2D eigenvalue weighted by molar-refractivity contribution is -0.276. The minimum Gasteiger partial charge on any atom is -0.400 e. The van der Waals surface area contributed by atoms with Crippen molar-refractivity contribution in [2.45, 2.75) is 13.3 Å². The quantitative estimate of drug-likeness (QED) is 0.451. The molecule has 0 aliphatic carbocycles. The molecule has 0 bridgehead atoms. The van der Waals surface area contributed by atoms with Gasteiger partial charge >= 0.3 is 6.36 Å². The molecule has 1 aromatic rings. The van der Waals surface area contributed by atoms with Crippen LogP contribution in [0.3, 0.4) is 0 Å². The van der Waals surface area contributed by atoms with E-state index in [1.807, 2.05) is 0 Å². The molecule has 0 N–H and O–H groups in total. The molecule has 0 saturated carbocycles. The number of hydrogen-bond donors (Lipinski definition) is 0. The van der Waals surface area contributed by atoms with Crippen molar-refractivity contribution in [3.63, 3.8) is 0 Å². The summed E-state index contributed by atoms with van der Waals surface area (Å²) >= 11 is 1.55. The van der Waals surface area contributed by atoms with Gasteiger partial charge in [-0.05, 0) is 35.6 Å². The highest BCUT2D eigenvalue weighted by Gasteiger charge is 2.33. The molecule has 0 aliphatic heterocycles. The normalized spacial score (nSPS) is 11.6. The van der Waals surface area contributed by atoms with Gasteiger partial charge in [-0.2, -0.15) is 4.39 Å². The first-order chi connectivity index (χ1) is 6.29. The van der Waals surface area contributed by atoms with Gasteiger partial charge in [-0.25, -0.2) is 4.98 Å². The number of ether oxygens (including phenoxy) is 1. The Kier molecular flexibility index (Phi) is 3.17. The van der Waals surface area contributed by atoms with Crippen molar-refractivity contribution in [3.05, 3.63) is 21.3 Å². The Morgan fingerprint density at radius 2 is 2.00 bits per heavy atom. The van der Waals surface area contributed by atoms with E-state index < -0.39 is 18.1 Å². The standard InChI is InChI=1S/C7H4F4INO/c1-3-2-4(12)5(6(8)13-3)14-7(9,10)11/h2H,1H3. The average molecular weight is 321 g/mol. The maximum Gasteiger partial charge on any atom is 0.573 e. The first-order valence-corrected chi connectivity index (χ1v) is 4.46. The highest BCUT2D eigenvalue weighted by molar-refractivity contribution is 14.1. The number of aromatic nitrogens is 1. The smallest absolute Gasteiger partial charge is 0.400 e. The maximum absolute atomic E-state index is 12.9. The molecule has 0 saturated heterocycles. The van der Waals surface area contributed by atoms with Gasteiger partial charge in [-0.15, -0.1) is 13.2 Å². The SMILES string of the molecule is Cc1cc(I)c(OC(F)(F)F)c(F)n1. The van der Waals surface area contributed by atoms with Crippen LogP contribution in [0, 0.1) is 16.4 Å². The number of alkyl halides is 3. The van der Waals surface area contributed by atoms with Crippen LogP contribution in [0.2, 0.25) is 0 Å². The van der Waals surface area contributed by atoms with E-state index in [1.54, 1.807) is 22.6 Å². The molecule has 14 heavy (non-hydrogen) atoms. The van der Waals surface area contributed by atoms with Gasteiger partial charge in [-0.3, -0.25) is 0 Å². The third-order valence-electron chi connectivity index (χ3n) is 1.23. The van der Waals surface area contributed by atoms with Gasteiger partial charge in [0.25, 0.3) is 5.95 Å². The van der Waals surface area contributed by atoms with Crippen LogP contribution in [-0.4, -0.2) is 11.3 Å². The number of pyridine rings is 1.